The van der Waals surface area contributed by atoms with Crippen molar-refractivity contribution in [1.29, 1.82) is 0 Å². The number of aliphatic carboxylic acids is 1. The van der Waals surface area contributed by atoms with E-state index in [9.17, 15) is 9.59 Å². The molecule has 1 saturated carbocycles. The quantitative estimate of drug-likeness (QED) is 0.327. The monoisotopic (exact) mass is 498 g/mol. The maximum Gasteiger partial charge on any atom is 0.323 e. The zero-order valence-electron chi connectivity index (χ0n) is 18.9. The summed E-state index contributed by atoms with van der Waals surface area (Å²) in [5, 5.41) is 9.01. The van der Waals surface area contributed by atoms with E-state index < -0.39 is 18.4 Å². The molecule has 0 bridgehead atoms. The Kier molecular flexibility index (Phi) is 7.13. The number of amides is 1. The number of thiocarbonyl (C=S) groups is 1. The summed E-state index contributed by atoms with van der Waals surface area (Å²) in [7, 11) is 3.26. The summed E-state index contributed by atoms with van der Waals surface area (Å²) >= 11 is 8.87. The first-order valence-corrected chi connectivity index (χ1v) is 11.8. The molecular formula is C25H26N2O5S2. The second-order valence-electron chi connectivity index (χ2n) is 8.27. The molecule has 2 aromatic rings. The summed E-state index contributed by atoms with van der Waals surface area (Å²) in [6, 6.07) is 12.5. The molecule has 1 heterocycles. The molecular weight excluding hydrogens is 472 g/mol. The van der Waals surface area contributed by atoms with Crippen LogP contribution in [0, 0.1) is 0 Å². The highest BCUT2D eigenvalue weighted by molar-refractivity contribution is 8.11. The first-order chi connectivity index (χ1) is 16.3. The Morgan fingerprint density at radius 2 is 1.94 bits per heavy atom. The molecule has 2 atom stereocenters. The summed E-state index contributed by atoms with van der Waals surface area (Å²) in [6.07, 6.45) is 6.38. The molecule has 7 nitrogen and oxygen atoms in total. The van der Waals surface area contributed by atoms with Gasteiger partial charge in [0.2, 0.25) is 0 Å². The van der Waals surface area contributed by atoms with Crippen molar-refractivity contribution in [2.75, 3.05) is 25.7 Å². The summed E-state index contributed by atoms with van der Waals surface area (Å²) in [5.41, 5.74) is 4.32. The van der Waals surface area contributed by atoms with Crippen LogP contribution < -0.4 is 14.4 Å². The molecule has 178 valence electrons. The summed E-state index contributed by atoms with van der Waals surface area (Å²) < 4.78 is 10.8. The number of carboxylic acids is 1. The number of fused-ring (bicyclic) bond motifs is 3. The lowest BCUT2D eigenvalue weighted by atomic mass is 9.96. The van der Waals surface area contributed by atoms with Crippen molar-refractivity contribution in [3.8, 4) is 11.5 Å². The largest absolute Gasteiger partial charge is 0.493 e. The van der Waals surface area contributed by atoms with Crippen LogP contribution in [0.15, 0.2) is 42.5 Å². The van der Waals surface area contributed by atoms with Crippen LogP contribution in [-0.4, -0.2) is 53.0 Å². The molecule has 1 amide bonds. The molecule has 34 heavy (non-hydrogen) atoms. The van der Waals surface area contributed by atoms with Gasteiger partial charge in [0, 0.05) is 35.5 Å². The fourth-order valence-electron chi connectivity index (χ4n) is 4.92. The number of thiol groups is 1. The molecule has 0 aromatic heterocycles. The van der Waals surface area contributed by atoms with Crippen LogP contribution in [0.2, 0.25) is 0 Å². The number of methoxy groups -OCH3 is 2. The molecule has 1 N–H and O–H groups in total. The number of hydrogen-bond donors (Lipinski definition) is 2. The van der Waals surface area contributed by atoms with Crippen LogP contribution in [0.4, 0.5) is 11.4 Å². The normalized spacial score (nSPS) is 18.5. The lowest BCUT2D eigenvalue weighted by molar-refractivity contribution is -0.140. The van der Waals surface area contributed by atoms with Crippen molar-refractivity contribution >= 4 is 58.5 Å². The van der Waals surface area contributed by atoms with Crippen LogP contribution in [0.5, 0.6) is 11.5 Å². The highest BCUT2D eigenvalue weighted by Gasteiger charge is 2.42. The Labute approximate surface area is 209 Å². The number of ether oxygens (including phenoxy) is 2. The predicted octanol–water partition coefficient (Wildman–Crippen LogP) is 4.63. The Hall–Kier alpha value is -3.04. The molecule has 4 rings (SSSR count). The second kappa shape index (κ2) is 10.1. The van der Waals surface area contributed by atoms with E-state index in [1.807, 2.05) is 18.2 Å². The van der Waals surface area contributed by atoms with Gasteiger partial charge in [-0.1, -0.05) is 24.7 Å². The minimum Gasteiger partial charge on any atom is -0.493 e. The Morgan fingerprint density at radius 3 is 2.62 bits per heavy atom. The van der Waals surface area contributed by atoms with Gasteiger partial charge in [-0.2, -0.15) is 0 Å². The number of hydrogen-bond acceptors (Lipinski definition) is 6. The van der Waals surface area contributed by atoms with Gasteiger partial charge >= 0.3 is 5.97 Å². The number of nitrogens with zero attached hydrogens (tertiary/aromatic N) is 2. The summed E-state index contributed by atoms with van der Waals surface area (Å²) in [4.78, 5) is 26.8. The van der Waals surface area contributed by atoms with Crippen LogP contribution in [0.25, 0.3) is 6.08 Å². The summed E-state index contributed by atoms with van der Waals surface area (Å²) in [6.45, 7) is -0.528. The number of carbonyl (C=O) groups excluding carboxylic acids is 1. The van der Waals surface area contributed by atoms with E-state index in [2.05, 4.69) is 35.7 Å². The Bertz CT molecular complexity index is 1170. The van der Waals surface area contributed by atoms with Crippen molar-refractivity contribution < 1.29 is 24.2 Å². The average Bonchev–Trinajstić information content (AvgIpc) is 3.41. The third kappa shape index (κ3) is 4.63. The van der Waals surface area contributed by atoms with Crippen LogP contribution in [0.1, 0.15) is 36.3 Å². The van der Waals surface area contributed by atoms with Crippen molar-refractivity contribution in [3.63, 3.8) is 0 Å². The number of anilines is 2. The van der Waals surface area contributed by atoms with Crippen molar-refractivity contribution in [3.05, 3.63) is 53.6 Å². The van der Waals surface area contributed by atoms with Crippen LogP contribution in [-0.2, 0) is 9.59 Å². The van der Waals surface area contributed by atoms with Gasteiger partial charge in [0.05, 0.1) is 14.2 Å². The van der Waals surface area contributed by atoms with E-state index in [4.69, 9.17) is 26.8 Å². The van der Waals surface area contributed by atoms with Crippen molar-refractivity contribution in [2.24, 2.45) is 0 Å². The molecule has 2 unspecified atom stereocenters. The number of carbonyl (C=O) groups is 2. The van der Waals surface area contributed by atoms with E-state index in [1.165, 1.54) is 11.6 Å². The molecule has 1 fully saturated rings. The highest BCUT2D eigenvalue weighted by Crippen LogP contribution is 2.53. The van der Waals surface area contributed by atoms with Gasteiger partial charge in [0.1, 0.15) is 10.9 Å². The van der Waals surface area contributed by atoms with Gasteiger partial charge in [0.25, 0.3) is 5.91 Å². The SMILES string of the molecule is COc1ccc(N2c3ccc(/C=C/C(=O)N(CC(=O)O)C(=S)S)cc3C3CCCC32)cc1OC. The lowest BCUT2D eigenvalue weighted by Gasteiger charge is -2.27. The molecule has 0 saturated heterocycles. The van der Waals surface area contributed by atoms with Crippen LogP contribution in [0.3, 0.4) is 0 Å². The summed E-state index contributed by atoms with van der Waals surface area (Å²) in [5.74, 6) is 0.109. The van der Waals surface area contributed by atoms with E-state index in [1.54, 1.807) is 20.3 Å². The highest BCUT2D eigenvalue weighted by atomic mass is 32.1. The first kappa shape index (κ1) is 24.1. The Morgan fingerprint density at radius 1 is 1.18 bits per heavy atom. The number of carboxylic acid groups (broad SMARTS) is 1. The second-order valence-corrected chi connectivity index (χ2v) is 9.38. The molecule has 9 heteroatoms. The van der Waals surface area contributed by atoms with Gasteiger partial charge in [-0.15, -0.1) is 12.6 Å². The van der Waals surface area contributed by atoms with Gasteiger partial charge in [-0.05, 0) is 54.3 Å². The minimum absolute atomic E-state index is 0.0784. The van der Waals surface area contributed by atoms with Crippen molar-refractivity contribution in [1.82, 2.24) is 4.90 Å². The molecule has 1 aliphatic heterocycles. The van der Waals surface area contributed by atoms with Crippen LogP contribution >= 0.6 is 24.8 Å². The fourth-order valence-corrected chi connectivity index (χ4v) is 5.25. The van der Waals surface area contributed by atoms with Crippen molar-refractivity contribution in [2.45, 2.75) is 31.2 Å². The zero-order chi connectivity index (χ0) is 24.4. The molecule has 1 aliphatic carbocycles. The number of rotatable bonds is 7. The Balaban J connectivity index is 1.64. The third-order valence-electron chi connectivity index (χ3n) is 6.38. The molecule has 2 aliphatic rings. The average molecular weight is 499 g/mol. The molecule has 0 spiro atoms. The number of benzene rings is 2. The van der Waals surface area contributed by atoms with E-state index in [0.717, 1.165) is 41.1 Å². The first-order valence-electron chi connectivity index (χ1n) is 10.9. The zero-order valence-corrected chi connectivity index (χ0v) is 20.6. The van der Waals surface area contributed by atoms with E-state index in [-0.39, 0.29) is 4.32 Å². The minimum atomic E-state index is -1.15. The maximum atomic E-state index is 12.5. The smallest absolute Gasteiger partial charge is 0.323 e. The van der Waals surface area contributed by atoms with E-state index in [0.29, 0.717) is 23.5 Å². The van der Waals surface area contributed by atoms with Gasteiger partial charge in [0.15, 0.2) is 11.5 Å². The molecule has 0 radical (unpaired) electrons. The van der Waals surface area contributed by atoms with Gasteiger partial charge in [-0.25, -0.2) is 0 Å². The predicted molar refractivity (Wildman–Crippen MR) is 138 cm³/mol. The fraction of sp³-hybridized carbons (Fsp3) is 0.320. The van der Waals surface area contributed by atoms with Gasteiger partial charge in [-0.3, -0.25) is 14.5 Å². The van der Waals surface area contributed by atoms with E-state index >= 15 is 0 Å². The topological polar surface area (TPSA) is 79.3 Å². The lowest BCUT2D eigenvalue weighted by Crippen LogP contribution is -2.36. The third-order valence-corrected chi connectivity index (χ3v) is 6.84. The van der Waals surface area contributed by atoms with Gasteiger partial charge < -0.3 is 19.5 Å². The maximum absolute atomic E-state index is 12.5. The molecule has 2 aromatic carbocycles. The standard InChI is InChI=1S/C25H26N2O5S2/c1-31-21-10-8-16(13-22(21)32-2)27-19-5-3-4-17(19)18-12-15(6-9-20(18)27)7-11-23(28)26(25(33)34)14-24(29)30/h6-13,17,19H,3-5,14H2,1-2H3,(H,29,30)(H,33,34)/b11-7+.